The summed E-state index contributed by atoms with van der Waals surface area (Å²) < 4.78 is 10.5. The number of hydrogen-bond donors (Lipinski definition) is 0. The molecule has 0 unspecified atom stereocenters. The molecule has 0 saturated heterocycles. The first-order valence-electron chi connectivity index (χ1n) is 23.1. The second-order valence-electron chi connectivity index (χ2n) is 19.4. The summed E-state index contributed by atoms with van der Waals surface area (Å²) in [6.07, 6.45) is 10.9. The predicted molar refractivity (Wildman–Crippen MR) is 269 cm³/mol. The van der Waals surface area contributed by atoms with Crippen LogP contribution in [-0.4, -0.2) is 37.8 Å². The van der Waals surface area contributed by atoms with Crippen LogP contribution in [0.3, 0.4) is 0 Å². The molecular formula is C57H59GeIrN5O-2. The Bertz CT molecular complexity index is 3110. The van der Waals surface area contributed by atoms with Crippen LogP contribution in [0, 0.1) is 19.1 Å². The molecule has 65 heavy (non-hydrogen) atoms. The van der Waals surface area contributed by atoms with Crippen LogP contribution in [0.25, 0.3) is 72.6 Å². The molecule has 1 radical (unpaired) electrons. The fraction of sp³-hybridized carbons (Fsp3) is 0.298. The molecule has 0 fully saturated rings. The third-order valence-corrected chi connectivity index (χ3v) is 17.2. The Labute approximate surface area is 401 Å². The number of fused-ring (bicyclic) bond motifs is 5. The maximum absolute atomic E-state index is 6.57. The van der Waals surface area contributed by atoms with Gasteiger partial charge in [-0.3, -0.25) is 9.97 Å². The Morgan fingerprint density at radius 3 is 2.06 bits per heavy atom. The van der Waals surface area contributed by atoms with Gasteiger partial charge in [-0.1, -0.05) is 88.7 Å². The number of imidazole rings is 1. The number of nitrogens with zero attached hydrogens (tertiary/aromatic N) is 5. The summed E-state index contributed by atoms with van der Waals surface area (Å²) in [5.74, 6) is 9.03. The van der Waals surface area contributed by atoms with E-state index < -0.39 is 13.3 Å². The zero-order chi connectivity index (χ0) is 44.9. The molecule has 333 valence electrons. The molecular weight excluding hydrogens is 1040 g/mol. The van der Waals surface area contributed by atoms with Crippen molar-refractivity contribution < 1.29 is 24.5 Å². The maximum Gasteiger partial charge on any atom is 0 e. The van der Waals surface area contributed by atoms with E-state index in [4.69, 9.17) is 19.4 Å². The fourth-order valence-electron chi connectivity index (χ4n) is 9.65. The van der Waals surface area contributed by atoms with Crippen molar-refractivity contribution in [3.05, 3.63) is 155 Å². The number of hydrogen-bond acceptors (Lipinski definition) is 5. The van der Waals surface area contributed by atoms with E-state index in [1.807, 2.05) is 30.5 Å². The van der Waals surface area contributed by atoms with Crippen molar-refractivity contribution in [3.8, 4) is 39.5 Å². The van der Waals surface area contributed by atoms with Crippen molar-refractivity contribution in [2.24, 2.45) is 0 Å². The van der Waals surface area contributed by atoms with E-state index in [1.54, 1.807) is 16.2 Å². The number of aromatic nitrogens is 5. The molecule has 0 amide bonds. The SMILES string of the molecule is Cc1nccc2nc(-c3[c-]cc(C(C)C)c4c3oc3ncccc34)n(-c3c(C(C)C)cc(-c4ccccc4)cc3C(C)C)c12.[CH3][Ge]([CH3])([CH3])[c]1cnc(-c2[c-]cccc2)c2c1CCCC2.[Ir]. The molecule has 1 aliphatic carbocycles. The van der Waals surface area contributed by atoms with Crippen molar-refractivity contribution in [3.63, 3.8) is 0 Å². The molecule has 4 aromatic carbocycles. The van der Waals surface area contributed by atoms with E-state index in [-0.39, 0.29) is 31.9 Å². The number of furan rings is 1. The molecule has 8 heteroatoms. The molecule has 0 saturated carbocycles. The predicted octanol–water partition coefficient (Wildman–Crippen LogP) is 14.5. The smallest absolute Gasteiger partial charge is 0 e. The second kappa shape index (κ2) is 19.0. The molecule has 0 aliphatic heterocycles. The van der Waals surface area contributed by atoms with Crippen LogP contribution in [0.1, 0.15) is 106 Å². The Hall–Kier alpha value is -5.21. The quantitative estimate of drug-likeness (QED) is 0.112. The maximum atomic E-state index is 6.57. The van der Waals surface area contributed by atoms with E-state index in [9.17, 15) is 0 Å². The first-order chi connectivity index (χ1) is 30.8. The largest absolute Gasteiger partial charge is 0 e. The topological polar surface area (TPSA) is 69.6 Å². The normalized spacial score (nSPS) is 12.8. The standard InChI is InChI=1S/C39H37N4O.C18H22GeN.Ir/c1-22(2)28-15-16-30(37-34(28)29-14-11-18-41-39(29)44-37)38-42-33-17-19-40-25(7)35(33)43(38)36-31(23(3)4)20-27(21-32(36)24(5)6)26-12-9-8-10-13-26;1-19(2,3)17-13-20-18(14-9-5-4-6-10-14)16-12-8-7-11-15(16)17;/h8-15,17-24H,1-7H3;4-6,9,13H,7-8,11-12H2,1-3H3;/q2*-1;. The van der Waals surface area contributed by atoms with E-state index in [1.165, 1.54) is 64.8 Å². The first kappa shape index (κ1) is 46.3. The van der Waals surface area contributed by atoms with E-state index in [2.05, 4.69) is 160 Å². The Kier molecular flexibility index (Phi) is 13.5. The van der Waals surface area contributed by atoms with Crippen molar-refractivity contribution >= 4 is 50.8 Å². The Balaban J connectivity index is 0.000000230. The van der Waals surface area contributed by atoms with Gasteiger partial charge in [0.2, 0.25) is 5.71 Å². The van der Waals surface area contributed by atoms with Gasteiger partial charge in [0.1, 0.15) is 0 Å². The summed E-state index contributed by atoms with van der Waals surface area (Å²) in [5.41, 5.74) is 17.8. The second-order valence-corrected chi connectivity index (χ2v) is 29.9. The summed E-state index contributed by atoms with van der Waals surface area (Å²) >= 11 is -1.83. The molecule has 0 spiro atoms. The molecule has 0 N–H and O–H groups in total. The molecule has 5 heterocycles. The van der Waals surface area contributed by atoms with Gasteiger partial charge >= 0.3 is 125 Å². The number of rotatable bonds is 8. The number of aryl methyl sites for hydroxylation is 1. The van der Waals surface area contributed by atoms with E-state index in [0.717, 1.165) is 55.7 Å². The monoisotopic (exact) mass is 1100 g/mol. The van der Waals surface area contributed by atoms with Gasteiger partial charge in [-0.25, -0.2) is 4.98 Å². The fourth-order valence-corrected chi connectivity index (χ4v) is 13.1. The third kappa shape index (κ3) is 8.80. The van der Waals surface area contributed by atoms with Gasteiger partial charge in [-0.15, -0.1) is 17.7 Å². The van der Waals surface area contributed by atoms with Gasteiger partial charge in [-0.05, 0) is 71.3 Å². The van der Waals surface area contributed by atoms with E-state index in [0.29, 0.717) is 11.6 Å². The first-order valence-corrected chi connectivity index (χ1v) is 30.4. The van der Waals surface area contributed by atoms with Gasteiger partial charge < -0.3 is 8.98 Å². The Morgan fingerprint density at radius 1 is 0.708 bits per heavy atom. The van der Waals surface area contributed by atoms with Crippen molar-refractivity contribution in [2.45, 2.75) is 109 Å². The van der Waals surface area contributed by atoms with E-state index >= 15 is 0 Å². The van der Waals surface area contributed by atoms with Crippen molar-refractivity contribution in [1.82, 2.24) is 24.5 Å². The van der Waals surface area contributed by atoms with Crippen LogP contribution in [0.4, 0.5) is 0 Å². The van der Waals surface area contributed by atoms with Gasteiger partial charge in [0.15, 0.2) is 0 Å². The van der Waals surface area contributed by atoms with Gasteiger partial charge in [0.05, 0.1) is 28.1 Å². The molecule has 6 nitrogen and oxygen atoms in total. The summed E-state index contributed by atoms with van der Waals surface area (Å²) in [4.78, 5) is 19.5. The van der Waals surface area contributed by atoms with Gasteiger partial charge in [-0.2, -0.15) is 0 Å². The minimum Gasteiger partial charge on any atom is 0 e. The van der Waals surface area contributed by atoms with Crippen LogP contribution >= 0.6 is 0 Å². The van der Waals surface area contributed by atoms with Gasteiger partial charge in [0.25, 0.3) is 0 Å². The molecule has 10 rings (SSSR count). The minimum atomic E-state index is -1.83. The van der Waals surface area contributed by atoms with Crippen molar-refractivity contribution in [1.29, 1.82) is 0 Å². The van der Waals surface area contributed by atoms with Crippen LogP contribution in [0.2, 0.25) is 17.3 Å². The Morgan fingerprint density at radius 2 is 1.40 bits per heavy atom. The minimum absolute atomic E-state index is 0. The zero-order valence-electron chi connectivity index (χ0n) is 39.4. The summed E-state index contributed by atoms with van der Waals surface area (Å²) in [6.45, 7) is 15.6. The van der Waals surface area contributed by atoms with Gasteiger partial charge in [0, 0.05) is 43.6 Å². The molecule has 9 aromatic rings. The summed E-state index contributed by atoms with van der Waals surface area (Å²) in [6, 6.07) is 38.8. The van der Waals surface area contributed by atoms with Crippen LogP contribution in [0.5, 0.6) is 0 Å². The molecule has 0 atom stereocenters. The third-order valence-electron chi connectivity index (χ3n) is 12.9. The summed E-state index contributed by atoms with van der Waals surface area (Å²) in [7, 11) is 0. The molecule has 5 aromatic heterocycles. The molecule has 1 aliphatic rings. The summed E-state index contributed by atoms with van der Waals surface area (Å²) in [5, 5.41) is 2.10. The van der Waals surface area contributed by atoms with Crippen LogP contribution < -0.4 is 4.40 Å². The van der Waals surface area contributed by atoms with Crippen LogP contribution in [0.15, 0.2) is 114 Å². The zero-order valence-corrected chi connectivity index (χ0v) is 43.9. The van der Waals surface area contributed by atoms with Crippen LogP contribution in [-0.2, 0) is 32.9 Å². The average molecular weight is 1090 g/mol. The molecule has 0 bridgehead atoms. The van der Waals surface area contributed by atoms with Crippen molar-refractivity contribution in [2.75, 3.05) is 0 Å². The number of benzene rings is 4. The number of pyridine rings is 3. The average Bonchev–Trinajstić information content (AvgIpc) is 3.88.